The number of nitrogens with zero attached hydrogens (tertiary/aromatic N) is 5. The number of carbonyl (C=O) groups excluding carboxylic acids is 1. The van der Waals surface area contributed by atoms with Crippen LogP contribution in [0.2, 0.25) is 0 Å². The third-order valence-electron chi connectivity index (χ3n) is 3.99. The summed E-state index contributed by atoms with van der Waals surface area (Å²) in [6.45, 7) is 3.17. The summed E-state index contributed by atoms with van der Waals surface area (Å²) in [5.74, 6) is 0.503. The van der Waals surface area contributed by atoms with Gasteiger partial charge in [0, 0.05) is 26.0 Å². The zero-order valence-electron chi connectivity index (χ0n) is 13.1. The second-order valence-electron chi connectivity index (χ2n) is 5.87. The third-order valence-corrected chi connectivity index (χ3v) is 4.90. The number of aryl methyl sites for hydroxylation is 1. The number of aromatic nitrogens is 3. The van der Waals surface area contributed by atoms with E-state index in [1.54, 1.807) is 35.9 Å². The van der Waals surface area contributed by atoms with E-state index in [1.165, 1.54) is 11.3 Å². The Morgan fingerprint density at radius 1 is 1.43 bits per heavy atom. The molecular formula is C15H19N5O2S. The van der Waals surface area contributed by atoms with Crippen molar-refractivity contribution in [3.63, 3.8) is 0 Å². The van der Waals surface area contributed by atoms with Crippen molar-refractivity contribution in [1.29, 1.82) is 0 Å². The molecule has 1 atom stereocenters. The van der Waals surface area contributed by atoms with Crippen LogP contribution in [0.4, 0.5) is 5.95 Å². The van der Waals surface area contributed by atoms with E-state index < -0.39 is 5.60 Å². The molecule has 0 spiro atoms. The quantitative estimate of drug-likeness (QED) is 0.897. The van der Waals surface area contributed by atoms with E-state index in [1.807, 2.05) is 11.8 Å². The van der Waals surface area contributed by atoms with Crippen LogP contribution in [0, 0.1) is 6.92 Å². The Morgan fingerprint density at radius 2 is 2.17 bits per heavy atom. The first kappa shape index (κ1) is 15.8. The number of β-amino-alcohol motifs (C(OH)–C–C–N with tert-alkyl or cyclic N) is 1. The molecule has 7 nitrogen and oxygen atoms in total. The molecule has 2 aromatic rings. The molecule has 1 fully saturated rings. The first-order chi connectivity index (χ1) is 11.0. The Bertz CT molecular complexity index is 692. The van der Waals surface area contributed by atoms with Crippen LogP contribution >= 0.6 is 11.3 Å². The molecule has 0 aromatic carbocycles. The Balaban J connectivity index is 1.66. The number of amides is 1. The highest BCUT2D eigenvalue weighted by atomic mass is 32.1. The maximum atomic E-state index is 12.5. The van der Waals surface area contributed by atoms with Crippen LogP contribution in [0.5, 0.6) is 0 Å². The summed E-state index contributed by atoms with van der Waals surface area (Å²) in [7, 11) is 1.71. The van der Waals surface area contributed by atoms with Crippen molar-refractivity contribution in [2.45, 2.75) is 18.9 Å². The van der Waals surface area contributed by atoms with Gasteiger partial charge in [0.25, 0.3) is 5.91 Å². The summed E-state index contributed by atoms with van der Waals surface area (Å²) >= 11 is 1.33. The van der Waals surface area contributed by atoms with Crippen molar-refractivity contribution in [1.82, 2.24) is 19.9 Å². The molecule has 1 saturated heterocycles. The van der Waals surface area contributed by atoms with E-state index in [0.29, 0.717) is 30.3 Å². The fraction of sp³-hybridized carbons (Fsp3) is 0.467. The summed E-state index contributed by atoms with van der Waals surface area (Å²) in [6.07, 6.45) is 3.94. The fourth-order valence-corrected chi connectivity index (χ4v) is 3.60. The number of rotatable bonds is 4. The number of thiazole rings is 1. The lowest BCUT2D eigenvalue weighted by atomic mass is 10.0. The normalized spacial score (nSPS) is 20.7. The largest absolute Gasteiger partial charge is 0.386 e. The van der Waals surface area contributed by atoms with Crippen molar-refractivity contribution in [3.05, 3.63) is 34.5 Å². The number of hydrogen-bond donors (Lipinski definition) is 1. The topological polar surface area (TPSA) is 82.5 Å². The maximum Gasteiger partial charge on any atom is 0.265 e. The van der Waals surface area contributed by atoms with Crippen LogP contribution in [-0.2, 0) is 0 Å². The lowest BCUT2D eigenvalue weighted by molar-refractivity contribution is 0.0265. The van der Waals surface area contributed by atoms with E-state index in [9.17, 15) is 9.90 Å². The Labute approximate surface area is 138 Å². The zero-order valence-corrected chi connectivity index (χ0v) is 14.0. The molecule has 8 heteroatoms. The first-order valence-corrected chi connectivity index (χ1v) is 8.26. The van der Waals surface area contributed by atoms with Crippen LogP contribution < -0.4 is 4.90 Å². The van der Waals surface area contributed by atoms with E-state index in [2.05, 4.69) is 15.0 Å². The number of likely N-dealkylation sites (N-methyl/N-ethyl adjacent to an activating group) is 1. The van der Waals surface area contributed by atoms with Gasteiger partial charge < -0.3 is 14.9 Å². The van der Waals surface area contributed by atoms with Crippen molar-refractivity contribution in [2.24, 2.45) is 0 Å². The Morgan fingerprint density at radius 3 is 2.83 bits per heavy atom. The van der Waals surface area contributed by atoms with Crippen LogP contribution in [0.15, 0.2) is 24.0 Å². The first-order valence-electron chi connectivity index (χ1n) is 7.38. The van der Waals surface area contributed by atoms with Gasteiger partial charge in [0.1, 0.15) is 10.5 Å². The number of carbonyl (C=O) groups is 1. The lowest BCUT2D eigenvalue weighted by Crippen LogP contribution is -2.46. The molecule has 0 bridgehead atoms. The predicted octanol–water partition coefficient (Wildman–Crippen LogP) is 0.955. The number of anilines is 1. The molecular weight excluding hydrogens is 314 g/mol. The Hall–Kier alpha value is -2.06. The van der Waals surface area contributed by atoms with Crippen LogP contribution in [0.1, 0.15) is 21.8 Å². The van der Waals surface area contributed by atoms with Gasteiger partial charge in [-0.1, -0.05) is 0 Å². The molecule has 1 aliphatic rings. The standard InChI is InChI=1S/C15H19N5O2S/c1-11-12(23-10-18-11)13(21)19(2)8-15(22)4-7-20(9-15)14-16-5-3-6-17-14/h3,5-6,10,22H,4,7-9H2,1-2H3. The molecule has 0 saturated carbocycles. The summed E-state index contributed by atoms with van der Waals surface area (Å²) in [4.78, 5) is 29.1. The average Bonchev–Trinajstić information content (AvgIpc) is 3.13. The molecule has 3 heterocycles. The molecule has 1 N–H and O–H groups in total. The second-order valence-corrected chi connectivity index (χ2v) is 6.73. The van der Waals surface area contributed by atoms with E-state index in [4.69, 9.17) is 0 Å². The Kier molecular flexibility index (Phi) is 4.27. The van der Waals surface area contributed by atoms with Gasteiger partial charge in [0.2, 0.25) is 5.95 Å². The summed E-state index contributed by atoms with van der Waals surface area (Å²) < 4.78 is 0. The minimum Gasteiger partial charge on any atom is -0.386 e. The maximum absolute atomic E-state index is 12.5. The molecule has 122 valence electrons. The SMILES string of the molecule is Cc1ncsc1C(=O)N(C)CC1(O)CCN(c2ncccn2)C1. The van der Waals surface area contributed by atoms with Crippen molar-refractivity contribution >= 4 is 23.2 Å². The van der Waals surface area contributed by atoms with Crippen molar-refractivity contribution < 1.29 is 9.90 Å². The van der Waals surface area contributed by atoms with Gasteiger partial charge in [-0.15, -0.1) is 11.3 Å². The minimum atomic E-state index is -0.956. The summed E-state index contributed by atoms with van der Waals surface area (Å²) in [5, 5.41) is 10.8. The van der Waals surface area contributed by atoms with Gasteiger partial charge >= 0.3 is 0 Å². The van der Waals surface area contributed by atoms with Crippen molar-refractivity contribution in [3.8, 4) is 0 Å². The van der Waals surface area contributed by atoms with Gasteiger partial charge in [0.05, 0.1) is 24.3 Å². The van der Waals surface area contributed by atoms with E-state index >= 15 is 0 Å². The summed E-state index contributed by atoms with van der Waals surface area (Å²) in [5.41, 5.74) is 1.43. The van der Waals surface area contributed by atoms with Gasteiger partial charge in [-0.2, -0.15) is 0 Å². The van der Waals surface area contributed by atoms with Crippen LogP contribution in [-0.4, -0.2) is 63.1 Å². The van der Waals surface area contributed by atoms with Gasteiger partial charge in [-0.3, -0.25) is 4.79 Å². The number of aliphatic hydroxyl groups is 1. The van der Waals surface area contributed by atoms with Gasteiger partial charge in [-0.05, 0) is 19.4 Å². The molecule has 2 aromatic heterocycles. The third kappa shape index (κ3) is 3.32. The van der Waals surface area contributed by atoms with E-state index in [-0.39, 0.29) is 12.5 Å². The molecule has 23 heavy (non-hydrogen) atoms. The van der Waals surface area contributed by atoms with Crippen molar-refractivity contribution in [2.75, 3.05) is 31.6 Å². The predicted molar refractivity (Wildman–Crippen MR) is 87.6 cm³/mol. The molecule has 1 aliphatic heterocycles. The average molecular weight is 333 g/mol. The van der Waals surface area contributed by atoms with Crippen LogP contribution in [0.25, 0.3) is 0 Å². The molecule has 1 amide bonds. The fourth-order valence-electron chi connectivity index (χ4n) is 2.80. The molecule has 1 unspecified atom stereocenters. The lowest BCUT2D eigenvalue weighted by Gasteiger charge is -2.28. The number of hydrogen-bond acceptors (Lipinski definition) is 7. The van der Waals surface area contributed by atoms with Gasteiger partial charge in [0.15, 0.2) is 0 Å². The highest BCUT2D eigenvalue weighted by molar-refractivity contribution is 7.11. The van der Waals surface area contributed by atoms with Crippen LogP contribution in [0.3, 0.4) is 0 Å². The smallest absolute Gasteiger partial charge is 0.265 e. The zero-order chi connectivity index (χ0) is 16.4. The molecule has 0 aliphatic carbocycles. The van der Waals surface area contributed by atoms with E-state index in [0.717, 1.165) is 5.69 Å². The molecule has 0 radical (unpaired) electrons. The highest BCUT2D eigenvalue weighted by Gasteiger charge is 2.39. The minimum absolute atomic E-state index is 0.104. The molecule has 3 rings (SSSR count). The summed E-state index contributed by atoms with van der Waals surface area (Å²) in [6, 6.07) is 1.76. The second kappa shape index (κ2) is 6.21. The monoisotopic (exact) mass is 333 g/mol. The van der Waals surface area contributed by atoms with Gasteiger partial charge in [-0.25, -0.2) is 15.0 Å². The highest BCUT2D eigenvalue weighted by Crippen LogP contribution is 2.26.